The van der Waals surface area contributed by atoms with Gasteiger partial charge >= 0.3 is 0 Å². The van der Waals surface area contributed by atoms with Crippen LogP contribution in [0, 0.1) is 6.92 Å². The van der Waals surface area contributed by atoms with Crippen molar-refractivity contribution in [1.29, 1.82) is 0 Å². The highest BCUT2D eigenvalue weighted by Crippen LogP contribution is 2.28. The van der Waals surface area contributed by atoms with Gasteiger partial charge in [-0.1, -0.05) is 22.0 Å². The molecule has 0 bridgehead atoms. The maximum absolute atomic E-state index is 12.4. The van der Waals surface area contributed by atoms with Gasteiger partial charge < -0.3 is 15.2 Å². The molecule has 4 nitrogen and oxygen atoms in total. The first-order valence-electron chi connectivity index (χ1n) is 6.54. The molecule has 2 N–H and O–H groups in total. The highest BCUT2D eigenvalue weighted by atomic mass is 79.9. The summed E-state index contributed by atoms with van der Waals surface area (Å²) in [5, 5.41) is 12.5. The van der Waals surface area contributed by atoms with E-state index in [-0.39, 0.29) is 11.7 Å². The van der Waals surface area contributed by atoms with E-state index in [0.717, 1.165) is 10.0 Å². The normalized spacial score (nSPS) is 10.2. The maximum Gasteiger partial charge on any atom is 0.259 e. The van der Waals surface area contributed by atoms with Crippen LogP contribution in [0.25, 0.3) is 0 Å². The van der Waals surface area contributed by atoms with Crippen LogP contribution < -0.4 is 10.1 Å². The summed E-state index contributed by atoms with van der Waals surface area (Å²) in [4.78, 5) is 12.4. The Morgan fingerprint density at radius 1 is 1.29 bits per heavy atom. The SMILES string of the molecule is CCOc1ccc(Br)cc1C(=O)Nc1cc(C)ccc1O. The van der Waals surface area contributed by atoms with Crippen molar-refractivity contribution in [3.8, 4) is 11.5 Å². The number of phenols is 1. The number of anilines is 1. The van der Waals surface area contributed by atoms with Crippen molar-refractivity contribution >= 4 is 27.5 Å². The summed E-state index contributed by atoms with van der Waals surface area (Å²) in [6, 6.07) is 10.3. The van der Waals surface area contributed by atoms with Crippen molar-refractivity contribution in [1.82, 2.24) is 0 Å². The van der Waals surface area contributed by atoms with Crippen LogP contribution in [0.15, 0.2) is 40.9 Å². The minimum Gasteiger partial charge on any atom is -0.506 e. The highest BCUT2D eigenvalue weighted by Gasteiger charge is 2.15. The first kappa shape index (κ1) is 15.4. The lowest BCUT2D eigenvalue weighted by molar-refractivity contribution is 0.102. The van der Waals surface area contributed by atoms with Crippen LogP contribution in [-0.4, -0.2) is 17.6 Å². The van der Waals surface area contributed by atoms with Gasteiger partial charge in [0.05, 0.1) is 17.9 Å². The smallest absolute Gasteiger partial charge is 0.259 e. The molecule has 0 aliphatic heterocycles. The second-order valence-electron chi connectivity index (χ2n) is 4.55. The molecule has 0 aliphatic rings. The highest BCUT2D eigenvalue weighted by molar-refractivity contribution is 9.10. The number of amides is 1. The number of benzene rings is 2. The van der Waals surface area contributed by atoms with Gasteiger partial charge in [0.2, 0.25) is 0 Å². The summed E-state index contributed by atoms with van der Waals surface area (Å²) in [7, 11) is 0. The van der Waals surface area contributed by atoms with Gasteiger partial charge in [-0.05, 0) is 49.7 Å². The van der Waals surface area contributed by atoms with E-state index in [1.165, 1.54) is 0 Å². The Balaban J connectivity index is 2.31. The van der Waals surface area contributed by atoms with E-state index in [2.05, 4.69) is 21.2 Å². The van der Waals surface area contributed by atoms with Crippen LogP contribution in [0.3, 0.4) is 0 Å². The van der Waals surface area contributed by atoms with Crippen molar-refractivity contribution in [2.45, 2.75) is 13.8 Å². The summed E-state index contributed by atoms with van der Waals surface area (Å²) >= 11 is 3.34. The monoisotopic (exact) mass is 349 g/mol. The van der Waals surface area contributed by atoms with E-state index < -0.39 is 0 Å². The standard InChI is InChI=1S/C16H16BrNO3/c1-3-21-15-7-5-11(17)9-12(15)16(20)18-13-8-10(2)4-6-14(13)19/h4-9,19H,3H2,1-2H3,(H,18,20). The second kappa shape index (κ2) is 6.63. The van der Waals surface area contributed by atoms with Crippen molar-refractivity contribution in [3.63, 3.8) is 0 Å². The molecular formula is C16H16BrNO3. The Bertz CT molecular complexity index is 671. The fourth-order valence-electron chi connectivity index (χ4n) is 1.90. The van der Waals surface area contributed by atoms with Crippen LogP contribution in [0.1, 0.15) is 22.8 Å². The summed E-state index contributed by atoms with van der Waals surface area (Å²) in [6.45, 7) is 4.22. The number of ether oxygens (including phenoxy) is 1. The Kier molecular flexibility index (Phi) is 4.85. The van der Waals surface area contributed by atoms with Gasteiger partial charge in [-0.25, -0.2) is 0 Å². The zero-order chi connectivity index (χ0) is 15.4. The average molecular weight is 350 g/mol. The van der Waals surface area contributed by atoms with Crippen molar-refractivity contribution in [2.24, 2.45) is 0 Å². The van der Waals surface area contributed by atoms with Crippen LogP contribution in [0.4, 0.5) is 5.69 Å². The largest absolute Gasteiger partial charge is 0.506 e. The molecule has 1 amide bonds. The van der Waals surface area contributed by atoms with Gasteiger partial charge in [0.25, 0.3) is 5.91 Å². The molecule has 0 radical (unpaired) electrons. The number of halogens is 1. The number of aromatic hydroxyl groups is 1. The fourth-order valence-corrected chi connectivity index (χ4v) is 2.26. The molecule has 0 aliphatic carbocycles. The number of nitrogens with one attached hydrogen (secondary N) is 1. The quantitative estimate of drug-likeness (QED) is 0.816. The number of hydrogen-bond donors (Lipinski definition) is 2. The summed E-state index contributed by atoms with van der Waals surface area (Å²) in [5.74, 6) is 0.202. The van der Waals surface area contributed by atoms with E-state index in [1.54, 1.807) is 30.3 Å². The van der Waals surface area contributed by atoms with E-state index in [4.69, 9.17) is 4.74 Å². The molecule has 0 saturated carbocycles. The predicted molar refractivity (Wildman–Crippen MR) is 86.1 cm³/mol. The average Bonchev–Trinajstić information content (AvgIpc) is 2.45. The van der Waals surface area contributed by atoms with E-state index in [0.29, 0.717) is 23.6 Å². The number of carbonyl (C=O) groups is 1. The fraction of sp³-hybridized carbons (Fsp3) is 0.188. The molecule has 0 aromatic heterocycles. The molecule has 5 heteroatoms. The number of rotatable bonds is 4. The minimum atomic E-state index is -0.333. The van der Waals surface area contributed by atoms with Gasteiger partial charge in [0, 0.05) is 4.47 Å². The molecular weight excluding hydrogens is 334 g/mol. The number of hydrogen-bond acceptors (Lipinski definition) is 3. The first-order chi connectivity index (χ1) is 10.0. The van der Waals surface area contributed by atoms with Crippen LogP contribution in [0.2, 0.25) is 0 Å². The molecule has 0 heterocycles. The van der Waals surface area contributed by atoms with Gasteiger partial charge in [0.1, 0.15) is 11.5 Å². The van der Waals surface area contributed by atoms with E-state index >= 15 is 0 Å². The Hall–Kier alpha value is -2.01. The zero-order valence-corrected chi connectivity index (χ0v) is 13.4. The van der Waals surface area contributed by atoms with Gasteiger partial charge in [0.15, 0.2) is 0 Å². The maximum atomic E-state index is 12.4. The number of phenolic OH excluding ortho intramolecular Hbond substituents is 1. The molecule has 2 rings (SSSR count). The Labute approximate surface area is 131 Å². The molecule has 0 saturated heterocycles. The van der Waals surface area contributed by atoms with E-state index in [1.807, 2.05) is 19.9 Å². The lowest BCUT2D eigenvalue weighted by atomic mass is 10.1. The summed E-state index contributed by atoms with van der Waals surface area (Å²) in [5.41, 5.74) is 1.73. The van der Waals surface area contributed by atoms with Gasteiger partial charge in [-0.2, -0.15) is 0 Å². The molecule has 110 valence electrons. The third-order valence-electron chi connectivity index (χ3n) is 2.89. The van der Waals surface area contributed by atoms with Crippen LogP contribution >= 0.6 is 15.9 Å². The van der Waals surface area contributed by atoms with Crippen molar-refractivity contribution < 1.29 is 14.6 Å². The van der Waals surface area contributed by atoms with Gasteiger partial charge in [-0.3, -0.25) is 4.79 Å². The lowest BCUT2D eigenvalue weighted by Crippen LogP contribution is -2.14. The first-order valence-corrected chi connectivity index (χ1v) is 7.34. The molecule has 2 aromatic carbocycles. The van der Waals surface area contributed by atoms with Crippen LogP contribution in [-0.2, 0) is 0 Å². The Morgan fingerprint density at radius 2 is 2.05 bits per heavy atom. The third kappa shape index (κ3) is 3.76. The van der Waals surface area contributed by atoms with Gasteiger partial charge in [-0.15, -0.1) is 0 Å². The predicted octanol–water partition coefficient (Wildman–Crippen LogP) is 4.11. The minimum absolute atomic E-state index is 0.0295. The van der Waals surface area contributed by atoms with Crippen molar-refractivity contribution in [3.05, 3.63) is 52.0 Å². The topological polar surface area (TPSA) is 58.6 Å². The molecule has 0 atom stereocenters. The van der Waals surface area contributed by atoms with E-state index in [9.17, 15) is 9.90 Å². The molecule has 0 unspecified atom stereocenters. The molecule has 21 heavy (non-hydrogen) atoms. The van der Waals surface area contributed by atoms with Crippen LogP contribution in [0.5, 0.6) is 11.5 Å². The zero-order valence-electron chi connectivity index (χ0n) is 11.8. The summed E-state index contributed by atoms with van der Waals surface area (Å²) in [6.07, 6.45) is 0. The Morgan fingerprint density at radius 3 is 2.76 bits per heavy atom. The molecule has 2 aromatic rings. The second-order valence-corrected chi connectivity index (χ2v) is 5.46. The molecule has 0 spiro atoms. The number of aryl methyl sites for hydroxylation is 1. The number of carbonyl (C=O) groups excluding carboxylic acids is 1. The lowest BCUT2D eigenvalue weighted by Gasteiger charge is -2.12. The molecule has 0 fully saturated rings. The van der Waals surface area contributed by atoms with Crippen molar-refractivity contribution in [2.75, 3.05) is 11.9 Å². The summed E-state index contributed by atoms with van der Waals surface area (Å²) < 4.78 is 6.24. The third-order valence-corrected chi connectivity index (χ3v) is 3.38.